The molecule has 1 atom stereocenters. The van der Waals surface area contributed by atoms with Gasteiger partial charge in [-0.3, -0.25) is 4.68 Å². The first-order valence-corrected chi connectivity index (χ1v) is 6.81. The highest BCUT2D eigenvalue weighted by Gasteiger charge is 2.07. The fourth-order valence-electron chi connectivity index (χ4n) is 2.35. The van der Waals surface area contributed by atoms with Gasteiger partial charge in [-0.15, -0.1) is 0 Å². The van der Waals surface area contributed by atoms with E-state index in [1.165, 1.54) is 16.7 Å². The summed E-state index contributed by atoms with van der Waals surface area (Å²) in [5, 5.41) is 4.15. The molecular weight excluding hydrogens is 246 g/mol. The van der Waals surface area contributed by atoms with Gasteiger partial charge in [0.15, 0.2) is 0 Å². The van der Waals surface area contributed by atoms with Crippen LogP contribution in [0.1, 0.15) is 18.4 Å². The van der Waals surface area contributed by atoms with E-state index in [0.29, 0.717) is 5.92 Å². The number of nitrogens with zero attached hydrogens (tertiary/aromatic N) is 3. The van der Waals surface area contributed by atoms with Gasteiger partial charge in [0.05, 0.1) is 0 Å². The largest absolute Gasteiger partial charge is 0.252 e. The van der Waals surface area contributed by atoms with Crippen molar-refractivity contribution in [2.75, 3.05) is 0 Å². The molecule has 0 bridgehead atoms. The van der Waals surface area contributed by atoms with Gasteiger partial charge in [0, 0.05) is 12.5 Å². The first kappa shape index (κ1) is 12.6. The van der Waals surface area contributed by atoms with E-state index in [0.717, 1.165) is 6.54 Å². The normalized spacial score (nSPS) is 12.2. The van der Waals surface area contributed by atoms with Gasteiger partial charge in [-0.05, 0) is 16.7 Å². The lowest BCUT2D eigenvalue weighted by Crippen LogP contribution is -2.06. The highest BCUT2D eigenvalue weighted by Crippen LogP contribution is 2.23. The number of hydrogen-bond donors (Lipinski definition) is 0. The molecule has 0 aliphatic heterocycles. The minimum Gasteiger partial charge on any atom is -0.252 e. The van der Waals surface area contributed by atoms with Crippen LogP contribution in [0.25, 0.3) is 11.1 Å². The van der Waals surface area contributed by atoms with Crippen LogP contribution < -0.4 is 0 Å². The Balaban J connectivity index is 1.76. The SMILES string of the molecule is CC(Cn1cncn1)c1ccc(-c2ccccc2)cc1. The highest BCUT2D eigenvalue weighted by atomic mass is 15.3. The van der Waals surface area contributed by atoms with E-state index in [1.807, 2.05) is 10.7 Å². The second-order valence-electron chi connectivity index (χ2n) is 5.01. The Bertz CT molecular complexity index is 642. The van der Waals surface area contributed by atoms with Crippen LogP contribution in [0.2, 0.25) is 0 Å². The Morgan fingerprint density at radius 2 is 1.65 bits per heavy atom. The van der Waals surface area contributed by atoms with Crippen molar-refractivity contribution in [3.8, 4) is 11.1 Å². The summed E-state index contributed by atoms with van der Waals surface area (Å²) in [6.07, 6.45) is 3.33. The zero-order valence-electron chi connectivity index (χ0n) is 11.5. The molecule has 0 aliphatic rings. The zero-order chi connectivity index (χ0) is 13.8. The minimum absolute atomic E-state index is 0.418. The van der Waals surface area contributed by atoms with E-state index >= 15 is 0 Å². The van der Waals surface area contributed by atoms with Gasteiger partial charge in [-0.1, -0.05) is 61.5 Å². The van der Waals surface area contributed by atoms with Crippen molar-refractivity contribution in [1.29, 1.82) is 0 Å². The lowest BCUT2D eigenvalue weighted by atomic mass is 9.97. The lowest BCUT2D eigenvalue weighted by Gasteiger charge is -2.12. The molecule has 0 saturated heterocycles. The molecule has 0 N–H and O–H groups in total. The fourth-order valence-corrected chi connectivity index (χ4v) is 2.35. The average molecular weight is 263 g/mol. The van der Waals surface area contributed by atoms with Crippen molar-refractivity contribution < 1.29 is 0 Å². The third-order valence-electron chi connectivity index (χ3n) is 3.51. The molecule has 3 heteroatoms. The van der Waals surface area contributed by atoms with Gasteiger partial charge >= 0.3 is 0 Å². The minimum atomic E-state index is 0.418. The summed E-state index contributed by atoms with van der Waals surface area (Å²) >= 11 is 0. The first-order valence-electron chi connectivity index (χ1n) is 6.81. The van der Waals surface area contributed by atoms with Gasteiger partial charge in [-0.2, -0.15) is 5.10 Å². The van der Waals surface area contributed by atoms with Crippen LogP contribution in [0.4, 0.5) is 0 Å². The van der Waals surface area contributed by atoms with Crippen molar-refractivity contribution in [3.05, 3.63) is 72.8 Å². The zero-order valence-corrected chi connectivity index (χ0v) is 11.5. The summed E-state index contributed by atoms with van der Waals surface area (Å²) in [4.78, 5) is 3.97. The second kappa shape index (κ2) is 5.70. The van der Waals surface area contributed by atoms with E-state index in [2.05, 4.69) is 65.5 Å². The molecule has 3 nitrogen and oxygen atoms in total. The maximum atomic E-state index is 4.15. The highest BCUT2D eigenvalue weighted by molar-refractivity contribution is 5.63. The number of hydrogen-bond acceptors (Lipinski definition) is 2. The Labute approximate surface area is 118 Å². The van der Waals surface area contributed by atoms with Crippen LogP contribution in [0.15, 0.2) is 67.3 Å². The van der Waals surface area contributed by atoms with Gasteiger partial charge in [0.25, 0.3) is 0 Å². The third-order valence-corrected chi connectivity index (χ3v) is 3.51. The molecule has 2 aromatic carbocycles. The van der Waals surface area contributed by atoms with E-state index in [1.54, 1.807) is 12.7 Å². The lowest BCUT2D eigenvalue weighted by molar-refractivity contribution is 0.542. The predicted octanol–water partition coefficient (Wildman–Crippen LogP) is 3.75. The molecular formula is C17H17N3. The predicted molar refractivity (Wildman–Crippen MR) is 80.3 cm³/mol. The maximum absolute atomic E-state index is 4.15. The molecule has 0 saturated carbocycles. The van der Waals surface area contributed by atoms with Crippen LogP contribution >= 0.6 is 0 Å². The summed E-state index contributed by atoms with van der Waals surface area (Å²) in [5.74, 6) is 0.418. The van der Waals surface area contributed by atoms with E-state index < -0.39 is 0 Å². The summed E-state index contributed by atoms with van der Waals surface area (Å²) < 4.78 is 1.87. The van der Waals surface area contributed by atoms with Crippen LogP contribution in [0, 0.1) is 0 Å². The van der Waals surface area contributed by atoms with Gasteiger partial charge in [0.1, 0.15) is 12.7 Å². The molecule has 0 spiro atoms. The standard InChI is InChI=1S/C17H17N3/c1-14(11-20-13-18-12-19-20)15-7-9-17(10-8-15)16-5-3-2-4-6-16/h2-10,12-14H,11H2,1H3. The van der Waals surface area contributed by atoms with Gasteiger partial charge in [-0.25, -0.2) is 4.98 Å². The van der Waals surface area contributed by atoms with Gasteiger partial charge < -0.3 is 0 Å². The Kier molecular flexibility index (Phi) is 3.59. The van der Waals surface area contributed by atoms with Crippen LogP contribution in [-0.4, -0.2) is 14.8 Å². The quantitative estimate of drug-likeness (QED) is 0.717. The summed E-state index contributed by atoms with van der Waals surface area (Å²) in [5.41, 5.74) is 3.82. The summed E-state index contributed by atoms with van der Waals surface area (Å²) in [6.45, 7) is 3.06. The second-order valence-corrected chi connectivity index (χ2v) is 5.01. The van der Waals surface area contributed by atoms with E-state index in [4.69, 9.17) is 0 Å². The molecule has 0 amide bonds. The third kappa shape index (κ3) is 2.77. The Morgan fingerprint density at radius 3 is 2.30 bits per heavy atom. The molecule has 0 aliphatic carbocycles. The molecule has 1 heterocycles. The summed E-state index contributed by atoms with van der Waals surface area (Å²) in [6, 6.07) is 19.2. The number of rotatable bonds is 4. The number of aromatic nitrogens is 3. The number of benzene rings is 2. The molecule has 0 fully saturated rings. The maximum Gasteiger partial charge on any atom is 0.137 e. The van der Waals surface area contributed by atoms with E-state index in [9.17, 15) is 0 Å². The molecule has 100 valence electrons. The molecule has 20 heavy (non-hydrogen) atoms. The van der Waals surface area contributed by atoms with Crippen molar-refractivity contribution >= 4 is 0 Å². The van der Waals surface area contributed by atoms with E-state index in [-0.39, 0.29) is 0 Å². The summed E-state index contributed by atoms with van der Waals surface area (Å²) in [7, 11) is 0. The Morgan fingerprint density at radius 1 is 0.950 bits per heavy atom. The van der Waals surface area contributed by atoms with Crippen LogP contribution in [0.3, 0.4) is 0 Å². The van der Waals surface area contributed by atoms with Crippen molar-refractivity contribution in [1.82, 2.24) is 14.8 Å². The van der Waals surface area contributed by atoms with Crippen molar-refractivity contribution in [2.24, 2.45) is 0 Å². The smallest absolute Gasteiger partial charge is 0.137 e. The fraction of sp³-hybridized carbons (Fsp3) is 0.176. The molecule has 0 radical (unpaired) electrons. The van der Waals surface area contributed by atoms with Crippen LogP contribution in [-0.2, 0) is 6.54 Å². The monoisotopic (exact) mass is 263 g/mol. The molecule has 1 aromatic heterocycles. The molecule has 3 rings (SSSR count). The first-order chi connectivity index (χ1) is 9.83. The molecule has 3 aromatic rings. The molecule has 1 unspecified atom stereocenters. The Hall–Kier alpha value is -2.42. The van der Waals surface area contributed by atoms with Gasteiger partial charge in [0.2, 0.25) is 0 Å². The average Bonchev–Trinajstić information content (AvgIpc) is 3.01. The van der Waals surface area contributed by atoms with Crippen molar-refractivity contribution in [3.63, 3.8) is 0 Å². The van der Waals surface area contributed by atoms with Crippen LogP contribution in [0.5, 0.6) is 0 Å². The topological polar surface area (TPSA) is 30.7 Å². The van der Waals surface area contributed by atoms with Crippen molar-refractivity contribution in [2.45, 2.75) is 19.4 Å².